The van der Waals surface area contributed by atoms with Gasteiger partial charge in [-0.1, -0.05) is 25.3 Å². The van der Waals surface area contributed by atoms with E-state index in [1.54, 1.807) is 6.08 Å². The van der Waals surface area contributed by atoms with Gasteiger partial charge in [-0.2, -0.15) is 0 Å². The molecular weight excluding hydrogens is 232 g/mol. The number of carbonyl (C=O) groups is 2. The van der Waals surface area contributed by atoms with Crippen molar-refractivity contribution in [2.24, 2.45) is 11.7 Å². The van der Waals surface area contributed by atoms with E-state index in [0.29, 0.717) is 6.42 Å². The number of hydrogen-bond acceptors (Lipinski definition) is 3. The lowest BCUT2D eigenvalue weighted by Crippen LogP contribution is -2.51. The van der Waals surface area contributed by atoms with Gasteiger partial charge in [-0.25, -0.2) is 4.79 Å². The van der Waals surface area contributed by atoms with Gasteiger partial charge in [0.1, 0.15) is 6.04 Å². The van der Waals surface area contributed by atoms with E-state index >= 15 is 0 Å². The highest BCUT2D eigenvalue weighted by molar-refractivity contribution is 5.87. The maximum Gasteiger partial charge on any atom is 0.326 e. The summed E-state index contributed by atoms with van der Waals surface area (Å²) in [7, 11) is 0. The Morgan fingerprint density at radius 3 is 2.50 bits per heavy atom. The highest BCUT2D eigenvalue weighted by Gasteiger charge is 2.31. The van der Waals surface area contributed by atoms with Crippen LogP contribution in [0.3, 0.4) is 0 Å². The van der Waals surface area contributed by atoms with Crippen LogP contribution < -0.4 is 11.1 Å². The van der Waals surface area contributed by atoms with Crippen molar-refractivity contribution in [3.05, 3.63) is 12.7 Å². The molecule has 0 aromatic heterocycles. The fourth-order valence-corrected chi connectivity index (χ4v) is 2.40. The van der Waals surface area contributed by atoms with Crippen molar-refractivity contribution in [3.63, 3.8) is 0 Å². The molecule has 0 aromatic rings. The summed E-state index contributed by atoms with van der Waals surface area (Å²) < 4.78 is 0. The molecule has 2 atom stereocenters. The minimum Gasteiger partial charge on any atom is -0.480 e. The predicted octanol–water partition coefficient (Wildman–Crippen LogP) is 1.04. The molecule has 0 saturated heterocycles. The molecule has 102 valence electrons. The number of carbonyl (C=O) groups excluding carboxylic acids is 1. The van der Waals surface area contributed by atoms with Crippen LogP contribution in [0, 0.1) is 5.92 Å². The van der Waals surface area contributed by atoms with Crippen LogP contribution >= 0.6 is 0 Å². The normalized spacial score (nSPS) is 19.8. The fraction of sp³-hybridized carbons (Fsp3) is 0.692. The van der Waals surface area contributed by atoms with Gasteiger partial charge in [0, 0.05) is 0 Å². The Morgan fingerprint density at radius 1 is 1.39 bits per heavy atom. The van der Waals surface area contributed by atoms with E-state index in [-0.39, 0.29) is 5.92 Å². The third-order valence-corrected chi connectivity index (χ3v) is 3.44. The minimum absolute atomic E-state index is 0.0242. The summed E-state index contributed by atoms with van der Waals surface area (Å²) in [4.78, 5) is 23.0. The first-order valence-electron chi connectivity index (χ1n) is 6.46. The van der Waals surface area contributed by atoms with Gasteiger partial charge < -0.3 is 16.2 Å². The third kappa shape index (κ3) is 4.14. The smallest absolute Gasteiger partial charge is 0.326 e. The topological polar surface area (TPSA) is 92.4 Å². The van der Waals surface area contributed by atoms with E-state index in [1.807, 2.05) is 0 Å². The Kier molecular flexibility index (Phi) is 5.85. The summed E-state index contributed by atoms with van der Waals surface area (Å²) in [5.41, 5.74) is 5.63. The summed E-state index contributed by atoms with van der Waals surface area (Å²) in [6.07, 6.45) is 6.82. The molecule has 0 bridgehead atoms. The molecule has 0 radical (unpaired) electrons. The summed E-state index contributed by atoms with van der Waals surface area (Å²) >= 11 is 0. The van der Waals surface area contributed by atoms with Crippen LogP contribution in [-0.4, -0.2) is 29.1 Å². The molecule has 2 unspecified atom stereocenters. The minimum atomic E-state index is -0.971. The number of nitrogens with one attached hydrogen (secondary N) is 1. The summed E-state index contributed by atoms with van der Waals surface area (Å²) in [5.74, 6) is -1.36. The molecule has 1 aliphatic carbocycles. The zero-order valence-electron chi connectivity index (χ0n) is 10.6. The fourth-order valence-electron chi connectivity index (χ4n) is 2.40. The molecule has 0 aliphatic heterocycles. The maximum atomic E-state index is 11.7. The van der Waals surface area contributed by atoms with Gasteiger partial charge in [0.05, 0.1) is 6.04 Å². The molecule has 5 nitrogen and oxygen atoms in total. The second kappa shape index (κ2) is 7.16. The second-order valence-corrected chi connectivity index (χ2v) is 4.85. The Hall–Kier alpha value is -1.36. The number of carboxylic acid groups (broad SMARTS) is 1. The van der Waals surface area contributed by atoms with Gasteiger partial charge in [0.2, 0.25) is 5.91 Å². The van der Waals surface area contributed by atoms with Crippen molar-refractivity contribution in [1.82, 2.24) is 5.32 Å². The molecule has 1 amide bonds. The number of rotatable bonds is 6. The lowest BCUT2D eigenvalue weighted by molar-refractivity contribution is -0.144. The van der Waals surface area contributed by atoms with Gasteiger partial charge in [-0.15, -0.1) is 6.58 Å². The zero-order valence-corrected chi connectivity index (χ0v) is 10.6. The molecule has 4 N–H and O–H groups in total. The molecule has 0 heterocycles. The Balaban J connectivity index is 2.59. The average Bonchev–Trinajstić information content (AvgIpc) is 2.36. The first-order chi connectivity index (χ1) is 8.56. The molecule has 0 aromatic carbocycles. The van der Waals surface area contributed by atoms with Gasteiger partial charge in [-0.05, 0) is 25.2 Å². The van der Waals surface area contributed by atoms with Crippen molar-refractivity contribution < 1.29 is 14.7 Å². The van der Waals surface area contributed by atoms with E-state index in [1.165, 1.54) is 0 Å². The van der Waals surface area contributed by atoms with E-state index < -0.39 is 24.0 Å². The predicted molar refractivity (Wildman–Crippen MR) is 68.9 cm³/mol. The van der Waals surface area contributed by atoms with Gasteiger partial charge >= 0.3 is 5.97 Å². The standard InChI is InChI=1S/C13H22N2O3/c1-2-6-10(14)12(16)15-11(13(17)18)9-7-4-3-5-8-9/h2,9-11H,1,3-8,14H2,(H,15,16)(H,17,18). The molecule has 1 rings (SSSR count). The lowest BCUT2D eigenvalue weighted by atomic mass is 9.84. The molecular formula is C13H22N2O3. The molecule has 18 heavy (non-hydrogen) atoms. The average molecular weight is 254 g/mol. The van der Waals surface area contributed by atoms with Crippen LogP contribution in [0.2, 0.25) is 0 Å². The monoisotopic (exact) mass is 254 g/mol. The van der Waals surface area contributed by atoms with Crippen LogP contribution in [0.4, 0.5) is 0 Å². The van der Waals surface area contributed by atoms with Crippen LogP contribution in [0.15, 0.2) is 12.7 Å². The zero-order chi connectivity index (χ0) is 13.5. The number of nitrogens with two attached hydrogens (primary N) is 1. The van der Waals surface area contributed by atoms with Crippen LogP contribution in [0.25, 0.3) is 0 Å². The van der Waals surface area contributed by atoms with Crippen molar-refractivity contribution in [2.45, 2.75) is 50.6 Å². The quantitative estimate of drug-likeness (QED) is 0.617. The van der Waals surface area contributed by atoms with Crippen LogP contribution in [0.5, 0.6) is 0 Å². The number of aliphatic carboxylic acids is 1. The summed E-state index contributed by atoms with van der Waals surface area (Å²) in [6.45, 7) is 3.51. The Morgan fingerprint density at radius 2 is 2.00 bits per heavy atom. The SMILES string of the molecule is C=CCC(N)C(=O)NC(C(=O)O)C1CCCCC1. The largest absolute Gasteiger partial charge is 0.480 e. The number of hydrogen-bond donors (Lipinski definition) is 3. The molecule has 1 saturated carbocycles. The highest BCUT2D eigenvalue weighted by Crippen LogP contribution is 2.26. The first kappa shape index (κ1) is 14.7. The summed E-state index contributed by atoms with van der Waals surface area (Å²) in [5, 5.41) is 11.8. The van der Waals surface area contributed by atoms with E-state index in [9.17, 15) is 14.7 Å². The van der Waals surface area contributed by atoms with Crippen LogP contribution in [0.1, 0.15) is 38.5 Å². The van der Waals surface area contributed by atoms with Crippen molar-refractivity contribution in [3.8, 4) is 0 Å². The van der Waals surface area contributed by atoms with Gasteiger partial charge in [-0.3, -0.25) is 4.79 Å². The maximum absolute atomic E-state index is 11.7. The molecule has 0 spiro atoms. The Bertz CT molecular complexity index is 311. The number of amides is 1. The van der Waals surface area contributed by atoms with Gasteiger partial charge in [0.25, 0.3) is 0 Å². The first-order valence-corrected chi connectivity index (χ1v) is 6.46. The van der Waals surface area contributed by atoms with E-state index in [0.717, 1.165) is 32.1 Å². The van der Waals surface area contributed by atoms with Crippen molar-refractivity contribution >= 4 is 11.9 Å². The molecule has 1 aliphatic rings. The van der Waals surface area contributed by atoms with Gasteiger partial charge in [0.15, 0.2) is 0 Å². The van der Waals surface area contributed by atoms with Crippen molar-refractivity contribution in [1.29, 1.82) is 0 Å². The van der Waals surface area contributed by atoms with E-state index in [2.05, 4.69) is 11.9 Å². The molecule has 5 heteroatoms. The van der Waals surface area contributed by atoms with Crippen LogP contribution in [-0.2, 0) is 9.59 Å². The van der Waals surface area contributed by atoms with Crippen molar-refractivity contribution in [2.75, 3.05) is 0 Å². The second-order valence-electron chi connectivity index (χ2n) is 4.85. The Labute approximate surface area is 107 Å². The lowest BCUT2D eigenvalue weighted by Gasteiger charge is -2.28. The molecule has 1 fully saturated rings. The van der Waals surface area contributed by atoms with E-state index in [4.69, 9.17) is 5.73 Å². The number of carboxylic acids is 1. The summed E-state index contributed by atoms with van der Waals surface area (Å²) in [6, 6.07) is -1.53. The third-order valence-electron chi connectivity index (χ3n) is 3.44. The highest BCUT2D eigenvalue weighted by atomic mass is 16.4.